The molecule has 1 heterocycles. The van der Waals surface area contributed by atoms with Crippen LogP contribution in [0.5, 0.6) is 11.5 Å². The zero-order valence-corrected chi connectivity index (χ0v) is 18.9. The SMILES string of the molecule is CCCOc1ccc(C(=O)NC(=S)N2CCN(c3ccc(OC)cc3[N+](=O)[O-])CC2)cc1. The smallest absolute Gasteiger partial charge is 0.296 e. The first-order valence-corrected chi connectivity index (χ1v) is 10.7. The second kappa shape index (κ2) is 10.8. The molecule has 10 heteroatoms. The van der Waals surface area contributed by atoms with Gasteiger partial charge in [0, 0.05) is 31.7 Å². The Bertz CT molecular complexity index is 975. The van der Waals surface area contributed by atoms with E-state index in [1.165, 1.54) is 13.2 Å². The maximum Gasteiger partial charge on any atom is 0.296 e. The molecular weight excluding hydrogens is 432 g/mol. The minimum atomic E-state index is -0.409. The number of rotatable bonds is 7. The Morgan fingerprint density at radius 2 is 1.78 bits per heavy atom. The lowest BCUT2D eigenvalue weighted by Gasteiger charge is -2.37. The monoisotopic (exact) mass is 458 g/mol. The molecule has 1 fully saturated rings. The molecule has 0 bridgehead atoms. The number of nitrogens with one attached hydrogen (secondary N) is 1. The lowest BCUT2D eigenvalue weighted by Crippen LogP contribution is -2.52. The quantitative estimate of drug-likeness (QED) is 0.384. The lowest BCUT2D eigenvalue weighted by molar-refractivity contribution is -0.384. The van der Waals surface area contributed by atoms with E-state index < -0.39 is 4.92 Å². The normalized spacial score (nSPS) is 13.4. The van der Waals surface area contributed by atoms with Crippen LogP contribution in [0.25, 0.3) is 0 Å². The molecule has 1 N–H and O–H groups in total. The number of carbonyl (C=O) groups excluding carboxylic acids is 1. The summed E-state index contributed by atoms with van der Waals surface area (Å²) < 4.78 is 10.6. The fourth-order valence-corrected chi connectivity index (χ4v) is 3.64. The molecule has 32 heavy (non-hydrogen) atoms. The van der Waals surface area contributed by atoms with Crippen molar-refractivity contribution in [3.05, 3.63) is 58.1 Å². The third-order valence-corrected chi connectivity index (χ3v) is 5.46. The zero-order chi connectivity index (χ0) is 23.1. The van der Waals surface area contributed by atoms with E-state index in [0.717, 1.165) is 12.2 Å². The van der Waals surface area contributed by atoms with Crippen LogP contribution in [-0.2, 0) is 0 Å². The molecule has 9 nitrogen and oxygen atoms in total. The lowest BCUT2D eigenvalue weighted by atomic mass is 10.2. The van der Waals surface area contributed by atoms with Crippen molar-refractivity contribution in [2.45, 2.75) is 13.3 Å². The van der Waals surface area contributed by atoms with Crippen molar-refractivity contribution in [2.24, 2.45) is 0 Å². The second-order valence-electron chi connectivity index (χ2n) is 7.22. The first-order valence-electron chi connectivity index (χ1n) is 10.3. The Kier molecular flexibility index (Phi) is 7.82. The van der Waals surface area contributed by atoms with E-state index in [1.807, 2.05) is 16.7 Å². The number of hydrogen-bond donors (Lipinski definition) is 1. The van der Waals surface area contributed by atoms with Crippen molar-refractivity contribution >= 4 is 34.6 Å². The third-order valence-electron chi connectivity index (χ3n) is 5.10. The Balaban J connectivity index is 1.56. The Labute approximate surface area is 192 Å². The van der Waals surface area contributed by atoms with E-state index in [-0.39, 0.29) is 11.6 Å². The highest BCUT2D eigenvalue weighted by Crippen LogP contribution is 2.32. The molecular formula is C22H26N4O5S. The number of amides is 1. The summed E-state index contributed by atoms with van der Waals surface area (Å²) >= 11 is 5.41. The van der Waals surface area contributed by atoms with Gasteiger partial charge in [-0.1, -0.05) is 6.92 Å². The van der Waals surface area contributed by atoms with Crippen molar-refractivity contribution in [1.29, 1.82) is 0 Å². The maximum atomic E-state index is 12.5. The Morgan fingerprint density at radius 1 is 1.12 bits per heavy atom. The van der Waals surface area contributed by atoms with Crippen LogP contribution < -0.4 is 19.7 Å². The van der Waals surface area contributed by atoms with Gasteiger partial charge in [-0.05, 0) is 55.0 Å². The molecule has 170 valence electrons. The summed E-state index contributed by atoms with van der Waals surface area (Å²) in [5, 5.41) is 14.6. The highest BCUT2D eigenvalue weighted by molar-refractivity contribution is 7.80. The molecule has 1 amide bonds. The number of methoxy groups -OCH3 is 1. The summed E-state index contributed by atoms with van der Waals surface area (Å²) in [5.74, 6) is 0.868. The number of nitro benzene ring substituents is 1. The summed E-state index contributed by atoms with van der Waals surface area (Å²) in [6.07, 6.45) is 0.912. The van der Waals surface area contributed by atoms with Crippen LogP contribution >= 0.6 is 12.2 Å². The third kappa shape index (κ3) is 5.64. The van der Waals surface area contributed by atoms with Crippen LogP contribution in [0.3, 0.4) is 0 Å². The predicted octanol–water partition coefficient (Wildman–Crippen LogP) is 3.23. The molecule has 0 saturated carbocycles. The van der Waals surface area contributed by atoms with Gasteiger partial charge in [0.25, 0.3) is 11.6 Å². The van der Waals surface area contributed by atoms with Crippen molar-refractivity contribution < 1.29 is 19.2 Å². The first-order chi connectivity index (χ1) is 15.4. The number of carbonyl (C=O) groups is 1. The van der Waals surface area contributed by atoms with Crippen LogP contribution in [0.15, 0.2) is 42.5 Å². The summed E-state index contributed by atoms with van der Waals surface area (Å²) in [7, 11) is 1.47. The molecule has 0 unspecified atom stereocenters. The maximum absolute atomic E-state index is 12.5. The van der Waals surface area contributed by atoms with Crippen LogP contribution in [0.1, 0.15) is 23.7 Å². The molecule has 0 radical (unpaired) electrons. The molecule has 1 aliphatic rings. The average molecular weight is 459 g/mol. The van der Waals surface area contributed by atoms with Crippen LogP contribution in [0, 0.1) is 10.1 Å². The van der Waals surface area contributed by atoms with Crippen molar-refractivity contribution in [1.82, 2.24) is 10.2 Å². The minimum Gasteiger partial charge on any atom is -0.496 e. The van der Waals surface area contributed by atoms with E-state index >= 15 is 0 Å². The molecule has 0 aromatic heterocycles. The van der Waals surface area contributed by atoms with Crippen molar-refractivity contribution in [2.75, 3.05) is 44.8 Å². The van der Waals surface area contributed by atoms with E-state index in [0.29, 0.717) is 54.9 Å². The Morgan fingerprint density at radius 3 is 2.38 bits per heavy atom. The first kappa shape index (κ1) is 23.3. The molecule has 2 aromatic rings. The molecule has 3 rings (SSSR count). The average Bonchev–Trinajstić information content (AvgIpc) is 2.82. The Hall–Kier alpha value is -3.40. The van der Waals surface area contributed by atoms with Gasteiger partial charge in [0.1, 0.15) is 17.2 Å². The minimum absolute atomic E-state index is 0.0000393. The number of benzene rings is 2. The van der Waals surface area contributed by atoms with E-state index in [4.69, 9.17) is 21.7 Å². The van der Waals surface area contributed by atoms with Crippen LogP contribution in [0.4, 0.5) is 11.4 Å². The van der Waals surface area contributed by atoms with Crippen molar-refractivity contribution in [3.63, 3.8) is 0 Å². The topological polar surface area (TPSA) is 97.2 Å². The number of thiocarbonyl (C=S) groups is 1. The van der Waals surface area contributed by atoms with Gasteiger partial charge in [-0.3, -0.25) is 20.2 Å². The number of anilines is 1. The van der Waals surface area contributed by atoms with Gasteiger partial charge in [-0.25, -0.2) is 0 Å². The standard InChI is InChI=1S/C22H26N4O5S/c1-3-14-31-17-6-4-16(5-7-17)21(27)23-22(32)25-12-10-24(11-13-25)19-9-8-18(30-2)15-20(19)26(28)29/h4-9,15H,3,10-14H2,1-2H3,(H,23,27,32). The molecule has 1 saturated heterocycles. The summed E-state index contributed by atoms with van der Waals surface area (Å²) in [6.45, 7) is 4.79. The number of piperazine rings is 1. The zero-order valence-electron chi connectivity index (χ0n) is 18.1. The summed E-state index contributed by atoms with van der Waals surface area (Å²) in [4.78, 5) is 27.4. The fraction of sp³-hybridized carbons (Fsp3) is 0.364. The molecule has 0 atom stereocenters. The molecule has 1 aliphatic heterocycles. The van der Waals surface area contributed by atoms with Gasteiger partial charge >= 0.3 is 0 Å². The van der Waals surface area contributed by atoms with Gasteiger partial charge in [-0.2, -0.15) is 0 Å². The highest BCUT2D eigenvalue weighted by atomic mass is 32.1. The second-order valence-corrected chi connectivity index (χ2v) is 7.60. The van der Waals surface area contributed by atoms with Gasteiger partial charge in [0.15, 0.2) is 5.11 Å². The van der Waals surface area contributed by atoms with Gasteiger partial charge < -0.3 is 19.3 Å². The molecule has 0 spiro atoms. The fourth-order valence-electron chi connectivity index (χ4n) is 3.37. The van der Waals surface area contributed by atoms with Gasteiger partial charge in [0.2, 0.25) is 0 Å². The summed E-state index contributed by atoms with van der Waals surface area (Å²) in [5.41, 5.74) is 1.03. The van der Waals surface area contributed by atoms with E-state index in [9.17, 15) is 14.9 Å². The van der Waals surface area contributed by atoms with Gasteiger partial charge in [-0.15, -0.1) is 0 Å². The van der Waals surface area contributed by atoms with Crippen LogP contribution in [0.2, 0.25) is 0 Å². The highest BCUT2D eigenvalue weighted by Gasteiger charge is 2.26. The van der Waals surface area contributed by atoms with Crippen molar-refractivity contribution in [3.8, 4) is 11.5 Å². The number of nitro groups is 1. The van der Waals surface area contributed by atoms with E-state index in [2.05, 4.69) is 5.32 Å². The molecule has 0 aliphatic carbocycles. The van der Waals surface area contributed by atoms with Crippen LogP contribution in [-0.4, -0.2) is 60.7 Å². The number of nitrogens with zero attached hydrogens (tertiary/aromatic N) is 3. The van der Waals surface area contributed by atoms with Gasteiger partial charge in [0.05, 0.1) is 24.7 Å². The molecule has 2 aromatic carbocycles. The number of ether oxygens (including phenoxy) is 2. The largest absolute Gasteiger partial charge is 0.496 e. The summed E-state index contributed by atoms with van der Waals surface area (Å²) in [6, 6.07) is 11.7. The van der Waals surface area contributed by atoms with E-state index in [1.54, 1.807) is 36.4 Å². The predicted molar refractivity (Wildman–Crippen MR) is 126 cm³/mol. The number of hydrogen-bond acceptors (Lipinski definition) is 7.